The van der Waals surface area contributed by atoms with E-state index >= 15 is 0 Å². The quantitative estimate of drug-likeness (QED) is 0.513. The van der Waals surface area contributed by atoms with Gasteiger partial charge in [-0.1, -0.05) is 26.8 Å². The first-order valence-electron chi connectivity index (χ1n) is 11.2. The normalized spacial score (nSPS) is 15.0. The summed E-state index contributed by atoms with van der Waals surface area (Å²) in [5, 5.41) is 16.4. The Morgan fingerprint density at radius 1 is 1.12 bits per heavy atom. The van der Waals surface area contributed by atoms with E-state index in [1.54, 1.807) is 0 Å². The maximum atomic E-state index is 13.6. The number of nitrogens with one attached hydrogen (secondary N) is 2. The van der Waals surface area contributed by atoms with Crippen molar-refractivity contribution in [1.29, 1.82) is 0 Å². The van der Waals surface area contributed by atoms with E-state index < -0.39 is 36.4 Å². The summed E-state index contributed by atoms with van der Waals surface area (Å²) >= 11 is 0. The van der Waals surface area contributed by atoms with Gasteiger partial charge in [-0.25, -0.2) is 13.2 Å². The van der Waals surface area contributed by atoms with Crippen LogP contribution in [0.1, 0.15) is 37.5 Å². The molecule has 0 saturated carbocycles. The van der Waals surface area contributed by atoms with Gasteiger partial charge in [-0.05, 0) is 59.7 Å². The average Bonchev–Trinajstić information content (AvgIpc) is 2.75. The molecule has 34 heavy (non-hydrogen) atoms. The van der Waals surface area contributed by atoms with Crippen LogP contribution in [0.2, 0.25) is 0 Å². The number of ether oxygens (including phenoxy) is 1. The van der Waals surface area contributed by atoms with Crippen molar-refractivity contribution in [3.8, 4) is 5.75 Å². The molecule has 2 unspecified atom stereocenters. The molecular formula is C26H31F3N2O3. The van der Waals surface area contributed by atoms with Gasteiger partial charge in [0.05, 0.1) is 12.1 Å². The Balaban J connectivity index is 1.73. The summed E-state index contributed by atoms with van der Waals surface area (Å²) in [7, 11) is 0. The van der Waals surface area contributed by atoms with Gasteiger partial charge < -0.3 is 20.5 Å². The van der Waals surface area contributed by atoms with Crippen molar-refractivity contribution in [3.63, 3.8) is 0 Å². The topological polar surface area (TPSA) is 70.6 Å². The van der Waals surface area contributed by atoms with Crippen LogP contribution in [0.4, 0.5) is 13.2 Å². The SMILES string of the molecule is CC(C)(C)Cc1ccc2c(c1)C(NCC(O)C(Cc1cc(F)cc(F)c1)NC(=O)CF)=CCO2. The van der Waals surface area contributed by atoms with E-state index in [1.807, 2.05) is 24.3 Å². The summed E-state index contributed by atoms with van der Waals surface area (Å²) in [6.45, 7) is 5.58. The number of hydrogen-bond acceptors (Lipinski definition) is 4. The smallest absolute Gasteiger partial charge is 0.251 e. The van der Waals surface area contributed by atoms with Gasteiger partial charge >= 0.3 is 0 Å². The number of fused-ring (bicyclic) bond motifs is 1. The molecule has 3 rings (SSSR count). The largest absolute Gasteiger partial charge is 0.489 e. The number of carbonyl (C=O) groups is 1. The number of hydrogen-bond donors (Lipinski definition) is 3. The molecule has 0 fully saturated rings. The molecule has 0 bridgehead atoms. The third-order valence-electron chi connectivity index (χ3n) is 5.41. The molecule has 2 aromatic carbocycles. The lowest BCUT2D eigenvalue weighted by Gasteiger charge is -2.27. The van der Waals surface area contributed by atoms with Crippen molar-refractivity contribution < 1.29 is 27.8 Å². The highest BCUT2D eigenvalue weighted by Gasteiger charge is 2.24. The summed E-state index contributed by atoms with van der Waals surface area (Å²) in [4.78, 5) is 11.7. The van der Waals surface area contributed by atoms with E-state index in [1.165, 1.54) is 0 Å². The van der Waals surface area contributed by atoms with Crippen molar-refractivity contribution in [2.75, 3.05) is 19.8 Å². The molecule has 184 valence electrons. The average molecular weight is 477 g/mol. The number of rotatable bonds is 9. The van der Waals surface area contributed by atoms with Crippen LogP contribution in [0.3, 0.4) is 0 Å². The molecule has 1 aliphatic heterocycles. The summed E-state index contributed by atoms with van der Waals surface area (Å²) in [6.07, 6.45) is 1.49. The van der Waals surface area contributed by atoms with Crippen LogP contribution < -0.4 is 15.4 Å². The molecule has 0 aliphatic carbocycles. The highest BCUT2D eigenvalue weighted by molar-refractivity contribution is 5.77. The van der Waals surface area contributed by atoms with Gasteiger partial charge in [0.1, 0.15) is 24.0 Å². The van der Waals surface area contributed by atoms with Gasteiger partial charge in [0.2, 0.25) is 0 Å². The third kappa shape index (κ3) is 7.25. The number of benzene rings is 2. The number of alkyl halides is 1. The van der Waals surface area contributed by atoms with Crippen LogP contribution in [0, 0.1) is 17.0 Å². The Morgan fingerprint density at radius 2 is 1.82 bits per heavy atom. The minimum atomic E-state index is -1.26. The van der Waals surface area contributed by atoms with E-state index in [-0.39, 0.29) is 23.9 Å². The van der Waals surface area contributed by atoms with Gasteiger partial charge in [0.25, 0.3) is 5.91 Å². The number of amides is 1. The minimum Gasteiger partial charge on any atom is -0.489 e. The molecule has 2 aromatic rings. The lowest BCUT2D eigenvalue weighted by molar-refractivity contribution is -0.123. The van der Waals surface area contributed by atoms with E-state index in [9.17, 15) is 23.1 Å². The van der Waals surface area contributed by atoms with E-state index in [0.717, 1.165) is 47.2 Å². The van der Waals surface area contributed by atoms with Crippen molar-refractivity contribution in [3.05, 3.63) is 70.8 Å². The second kappa shape index (κ2) is 11.0. The number of carbonyl (C=O) groups excluding carboxylic acids is 1. The molecule has 2 atom stereocenters. The van der Waals surface area contributed by atoms with Gasteiger partial charge in [-0.2, -0.15) is 0 Å². The molecule has 5 nitrogen and oxygen atoms in total. The Hall–Kier alpha value is -3.00. The van der Waals surface area contributed by atoms with Crippen molar-refractivity contribution in [1.82, 2.24) is 10.6 Å². The Bertz CT molecular complexity index is 1030. The Morgan fingerprint density at radius 3 is 2.47 bits per heavy atom. The Kier molecular flexibility index (Phi) is 8.25. The van der Waals surface area contributed by atoms with E-state index in [4.69, 9.17) is 4.74 Å². The van der Waals surface area contributed by atoms with Gasteiger partial charge in [-0.15, -0.1) is 0 Å². The van der Waals surface area contributed by atoms with Crippen molar-refractivity contribution in [2.24, 2.45) is 5.41 Å². The second-order valence-corrected chi connectivity index (χ2v) is 9.73. The highest BCUT2D eigenvalue weighted by atomic mass is 19.1. The standard InChI is InChI=1S/C26H31F3N2O3/c1-26(2,3)13-16-4-5-24-20(10-16)21(6-7-34-24)30-15-23(32)22(31-25(33)14-27)11-17-8-18(28)12-19(29)9-17/h4-6,8-10,12,22-23,30,32H,7,11,13-15H2,1-3H3,(H,31,33). The lowest BCUT2D eigenvalue weighted by Crippen LogP contribution is -2.49. The summed E-state index contributed by atoms with van der Waals surface area (Å²) in [5.41, 5.74) is 3.12. The van der Waals surface area contributed by atoms with Gasteiger partial charge in [-0.3, -0.25) is 4.79 Å². The molecule has 0 radical (unpaired) electrons. The zero-order chi connectivity index (χ0) is 24.9. The summed E-state index contributed by atoms with van der Waals surface area (Å²) in [6, 6.07) is 8.01. The summed E-state index contributed by atoms with van der Waals surface area (Å²) < 4.78 is 45.7. The monoisotopic (exact) mass is 476 g/mol. The zero-order valence-corrected chi connectivity index (χ0v) is 19.6. The van der Waals surface area contributed by atoms with E-state index in [2.05, 4.69) is 31.4 Å². The predicted molar refractivity (Wildman–Crippen MR) is 125 cm³/mol. The number of halogens is 3. The molecule has 1 amide bonds. The first-order chi connectivity index (χ1) is 16.0. The molecule has 0 aromatic heterocycles. The molecular weight excluding hydrogens is 445 g/mol. The van der Waals surface area contributed by atoms with Crippen molar-refractivity contribution in [2.45, 2.75) is 45.8 Å². The van der Waals surface area contributed by atoms with Crippen molar-refractivity contribution >= 4 is 11.6 Å². The van der Waals surface area contributed by atoms with Crippen LogP contribution in [-0.4, -0.2) is 43.0 Å². The lowest BCUT2D eigenvalue weighted by atomic mass is 9.87. The predicted octanol–water partition coefficient (Wildman–Crippen LogP) is 3.93. The minimum absolute atomic E-state index is 0.0177. The van der Waals surface area contributed by atoms with Crippen LogP contribution in [-0.2, 0) is 17.6 Å². The highest BCUT2D eigenvalue weighted by Crippen LogP contribution is 2.31. The van der Waals surface area contributed by atoms with Crippen LogP contribution in [0.5, 0.6) is 5.75 Å². The van der Waals surface area contributed by atoms with Crippen LogP contribution in [0.25, 0.3) is 5.70 Å². The van der Waals surface area contributed by atoms with Crippen LogP contribution >= 0.6 is 0 Å². The fraction of sp³-hybridized carbons (Fsp3) is 0.423. The number of aliphatic hydroxyl groups is 1. The van der Waals surface area contributed by atoms with E-state index in [0.29, 0.717) is 6.61 Å². The zero-order valence-electron chi connectivity index (χ0n) is 19.6. The van der Waals surface area contributed by atoms with Crippen LogP contribution in [0.15, 0.2) is 42.5 Å². The molecule has 0 spiro atoms. The first-order valence-corrected chi connectivity index (χ1v) is 11.2. The third-order valence-corrected chi connectivity index (χ3v) is 5.41. The summed E-state index contributed by atoms with van der Waals surface area (Å²) in [5.74, 6) is -1.74. The van der Waals surface area contributed by atoms with Gasteiger partial charge in [0, 0.05) is 23.9 Å². The Labute approximate surface area is 198 Å². The maximum absolute atomic E-state index is 13.6. The molecule has 3 N–H and O–H groups in total. The molecule has 0 saturated heterocycles. The fourth-order valence-electron chi connectivity index (χ4n) is 4.00. The first kappa shape index (κ1) is 25.6. The number of aliphatic hydroxyl groups excluding tert-OH is 1. The van der Waals surface area contributed by atoms with Gasteiger partial charge in [0.15, 0.2) is 6.67 Å². The molecule has 1 heterocycles. The fourth-order valence-corrected chi connectivity index (χ4v) is 4.00. The molecule has 8 heteroatoms. The maximum Gasteiger partial charge on any atom is 0.251 e. The second-order valence-electron chi connectivity index (χ2n) is 9.73. The molecule has 1 aliphatic rings.